The van der Waals surface area contributed by atoms with E-state index in [0.717, 1.165) is 11.9 Å². The van der Waals surface area contributed by atoms with E-state index in [-0.39, 0.29) is 0 Å². The van der Waals surface area contributed by atoms with Crippen molar-refractivity contribution in [3.63, 3.8) is 0 Å². The normalized spacial score (nSPS) is 11.1. The van der Waals surface area contributed by atoms with E-state index in [1.54, 1.807) is 29.3 Å². The second-order valence-electron chi connectivity index (χ2n) is 3.21. The van der Waals surface area contributed by atoms with Crippen molar-refractivity contribution in [1.29, 1.82) is 0 Å². The molecular weight excluding hydrogens is 214 g/mol. The molecule has 84 valence electrons. The van der Waals surface area contributed by atoms with Gasteiger partial charge in [-0.15, -0.1) is 0 Å². The monoisotopic (exact) mass is 229 g/mol. The average molecular weight is 229 g/mol. The predicted octanol–water partition coefficient (Wildman–Crippen LogP) is 0.758. The average Bonchev–Trinajstić information content (AvgIpc) is 2.15. The van der Waals surface area contributed by atoms with Crippen LogP contribution in [-0.2, 0) is 10.0 Å². The van der Waals surface area contributed by atoms with Crippen molar-refractivity contribution >= 4 is 21.4 Å². The third-order valence-corrected chi connectivity index (χ3v) is 2.45. The van der Waals surface area contributed by atoms with E-state index in [0.29, 0.717) is 12.2 Å². The van der Waals surface area contributed by atoms with Gasteiger partial charge in [-0.3, -0.25) is 4.72 Å². The Kier molecular flexibility index (Phi) is 3.54. The summed E-state index contributed by atoms with van der Waals surface area (Å²) in [4.78, 5) is 0. The summed E-state index contributed by atoms with van der Waals surface area (Å²) in [7, 11) is -3.21. The molecule has 0 aliphatic carbocycles. The maximum atomic E-state index is 10.9. The highest BCUT2D eigenvalue weighted by Gasteiger charge is 2.02. The maximum Gasteiger partial charge on any atom is 0.229 e. The zero-order valence-electron chi connectivity index (χ0n) is 8.77. The number of nitrogens with zero attached hydrogens (tertiary/aromatic N) is 1. The van der Waals surface area contributed by atoms with Crippen LogP contribution in [0.25, 0.3) is 0 Å². The first-order chi connectivity index (χ1) is 6.92. The van der Waals surface area contributed by atoms with Crippen LogP contribution in [0.15, 0.2) is 24.3 Å². The van der Waals surface area contributed by atoms with Crippen molar-refractivity contribution in [2.45, 2.75) is 6.92 Å². The largest absolute Gasteiger partial charge is 0.311 e. The van der Waals surface area contributed by atoms with Gasteiger partial charge in [-0.05, 0) is 31.2 Å². The first kappa shape index (κ1) is 11.8. The van der Waals surface area contributed by atoms with E-state index in [1.165, 1.54) is 0 Å². The zero-order chi connectivity index (χ0) is 11.5. The highest BCUT2D eigenvalue weighted by Crippen LogP contribution is 2.16. The lowest BCUT2D eigenvalue weighted by Gasteiger charge is -2.16. The number of benzene rings is 1. The molecule has 0 atom stereocenters. The fourth-order valence-corrected chi connectivity index (χ4v) is 1.68. The van der Waals surface area contributed by atoms with Gasteiger partial charge in [-0.2, -0.15) is 0 Å². The van der Waals surface area contributed by atoms with Crippen molar-refractivity contribution in [3.8, 4) is 0 Å². The molecule has 0 fully saturated rings. The quantitative estimate of drug-likeness (QED) is 0.590. The summed E-state index contributed by atoms with van der Waals surface area (Å²) in [6.45, 7) is 2.63. The van der Waals surface area contributed by atoms with Crippen LogP contribution in [0, 0.1) is 0 Å². The van der Waals surface area contributed by atoms with Crippen LogP contribution in [0.4, 0.5) is 11.4 Å². The molecule has 3 N–H and O–H groups in total. The molecule has 0 aliphatic heterocycles. The van der Waals surface area contributed by atoms with Gasteiger partial charge >= 0.3 is 0 Å². The third-order valence-electron chi connectivity index (χ3n) is 1.84. The number of anilines is 2. The second-order valence-corrected chi connectivity index (χ2v) is 4.96. The van der Waals surface area contributed by atoms with Gasteiger partial charge in [0.2, 0.25) is 10.0 Å². The molecule has 0 saturated heterocycles. The molecule has 0 aliphatic rings. The van der Waals surface area contributed by atoms with E-state index < -0.39 is 10.0 Å². The van der Waals surface area contributed by atoms with Gasteiger partial charge in [0.15, 0.2) is 0 Å². The molecule has 0 saturated carbocycles. The Balaban J connectivity index is 2.81. The van der Waals surface area contributed by atoms with Crippen LogP contribution in [-0.4, -0.2) is 21.2 Å². The molecule has 5 nitrogen and oxygen atoms in total. The third kappa shape index (κ3) is 3.77. The molecule has 0 radical (unpaired) electrons. The summed E-state index contributed by atoms with van der Waals surface area (Å²) >= 11 is 0. The maximum absolute atomic E-state index is 10.9. The smallest absolute Gasteiger partial charge is 0.229 e. The molecule has 0 spiro atoms. The standard InChI is InChI=1S/C9H15N3O2S/c1-3-12(10)9-6-4-8(5-7-9)11-15(2,13)14/h4-7,11H,3,10H2,1-2H3. The van der Waals surface area contributed by atoms with Gasteiger partial charge in [0, 0.05) is 12.2 Å². The molecule has 0 unspecified atom stereocenters. The van der Waals surface area contributed by atoms with E-state index in [9.17, 15) is 8.42 Å². The summed E-state index contributed by atoms with van der Waals surface area (Å²) in [5.74, 6) is 5.67. The molecule has 15 heavy (non-hydrogen) atoms. The predicted molar refractivity (Wildman–Crippen MR) is 62.1 cm³/mol. The van der Waals surface area contributed by atoms with Crippen molar-refractivity contribution in [2.24, 2.45) is 5.84 Å². The topological polar surface area (TPSA) is 75.4 Å². The molecule has 0 aromatic heterocycles. The number of rotatable bonds is 4. The summed E-state index contributed by atoms with van der Waals surface area (Å²) in [6.07, 6.45) is 1.11. The molecule has 1 aromatic rings. The van der Waals surface area contributed by atoms with Gasteiger partial charge in [0.05, 0.1) is 11.9 Å². The van der Waals surface area contributed by atoms with Crippen LogP contribution >= 0.6 is 0 Å². The number of nitrogens with one attached hydrogen (secondary N) is 1. The minimum atomic E-state index is -3.21. The van der Waals surface area contributed by atoms with Crippen molar-refractivity contribution < 1.29 is 8.42 Å². The lowest BCUT2D eigenvalue weighted by atomic mass is 10.3. The zero-order valence-corrected chi connectivity index (χ0v) is 9.58. The number of sulfonamides is 1. The van der Waals surface area contributed by atoms with Crippen molar-refractivity contribution in [1.82, 2.24) is 0 Å². The van der Waals surface area contributed by atoms with Gasteiger partial charge in [0.1, 0.15) is 0 Å². The fraction of sp³-hybridized carbons (Fsp3) is 0.333. The number of hydrogen-bond acceptors (Lipinski definition) is 4. The first-order valence-corrected chi connectivity index (χ1v) is 6.41. The minimum Gasteiger partial charge on any atom is -0.311 e. The minimum absolute atomic E-state index is 0.533. The molecule has 0 amide bonds. The van der Waals surface area contributed by atoms with E-state index in [2.05, 4.69) is 4.72 Å². The van der Waals surface area contributed by atoms with Crippen molar-refractivity contribution in [3.05, 3.63) is 24.3 Å². The van der Waals surface area contributed by atoms with E-state index >= 15 is 0 Å². The molecule has 0 heterocycles. The summed E-state index contributed by atoms with van der Waals surface area (Å²) in [6, 6.07) is 6.87. The molecule has 0 bridgehead atoms. The Labute approximate surface area is 89.9 Å². The van der Waals surface area contributed by atoms with Crippen LogP contribution in [0.2, 0.25) is 0 Å². The number of hydrogen-bond donors (Lipinski definition) is 2. The highest BCUT2D eigenvalue weighted by atomic mass is 32.2. The molecular formula is C9H15N3O2S. The lowest BCUT2D eigenvalue weighted by molar-refractivity contribution is 0.607. The summed E-state index contributed by atoms with van der Waals surface area (Å²) < 4.78 is 24.2. The summed E-state index contributed by atoms with van der Waals surface area (Å²) in [5.41, 5.74) is 1.38. The Morgan fingerprint density at radius 3 is 2.27 bits per heavy atom. The Morgan fingerprint density at radius 2 is 1.87 bits per heavy atom. The Bertz CT molecular complexity index is 413. The highest BCUT2D eigenvalue weighted by molar-refractivity contribution is 7.92. The molecule has 1 aromatic carbocycles. The number of hydrazine groups is 1. The van der Waals surface area contributed by atoms with Crippen LogP contribution in [0.3, 0.4) is 0 Å². The van der Waals surface area contributed by atoms with Gasteiger partial charge < -0.3 is 5.01 Å². The van der Waals surface area contributed by atoms with Gasteiger partial charge in [-0.25, -0.2) is 14.3 Å². The molecule has 6 heteroatoms. The second kappa shape index (κ2) is 4.50. The van der Waals surface area contributed by atoms with E-state index in [1.807, 2.05) is 6.92 Å². The number of nitrogens with two attached hydrogens (primary N) is 1. The lowest BCUT2D eigenvalue weighted by Crippen LogP contribution is -2.30. The van der Waals surface area contributed by atoms with Crippen LogP contribution < -0.4 is 15.6 Å². The Morgan fingerprint density at radius 1 is 1.33 bits per heavy atom. The van der Waals surface area contributed by atoms with E-state index in [4.69, 9.17) is 5.84 Å². The first-order valence-electron chi connectivity index (χ1n) is 4.52. The van der Waals surface area contributed by atoms with Gasteiger partial charge in [0.25, 0.3) is 0 Å². The fourth-order valence-electron chi connectivity index (χ4n) is 1.12. The van der Waals surface area contributed by atoms with Crippen molar-refractivity contribution in [2.75, 3.05) is 22.5 Å². The Hall–Kier alpha value is -1.27. The molecule has 1 rings (SSSR count). The van der Waals surface area contributed by atoms with Crippen LogP contribution in [0.5, 0.6) is 0 Å². The van der Waals surface area contributed by atoms with Crippen LogP contribution in [0.1, 0.15) is 6.92 Å². The summed E-state index contributed by atoms with van der Waals surface area (Å²) in [5, 5.41) is 1.57. The van der Waals surface area contributed by atoms with Gasteiger partial charge in [-0.1, -0.05) is 0 Å². The SMILES string of the molecule is CCN(N)c1ccc(NS(C)(=O)=O)cc1.